The molecule has 3 aliphatic rings. The van der Waals surface area contributed by atoms with Crippen molar-refractivity contribution in [3.05, 3.63) is 53.3 Å². The lowest BCUT2D eigenvalue weighted by Crippen LogP contribution is -2.65. The van der Waals surface area contributed by atoms with E-state index in [9.17, 15) is 4.79 Å². The highest BCUT2D eigenvalue weighted by atomic mass is 16.7. The number of nitriles is 1. The lowest BCUT2D eigenvalue weighted by molar-refractivity contribution is -0.254. The molecule has 2 saturated heterocycles. The van der Waals surface area contributed by atoms with Crippen molar-refractivity contribution in [1.82, 2.24) is 9.88 Å². The topological polar surface area (TPSA) is 97.2 Å². The van der Waals surface area contributed by atoms with Gasteiger partial charge < -0.3 is 28.7 Å². The van der Waals surface area contributed by atoms with Crippen LogP contribution in [0.2, 0.25) is 0 Å². The Labute approximate surface area is 217 Å². The van der Waals surface area contributed by atoms with Gasteiger partial charge in [-0.05, 0) is 50.1 Å². The Morgan fingerprint density at radius 2 is 2.03 bits per heavy atom. The van der Waals surface area contributed by atoms with Crippen LogP contribution in [0.4, 0.5) is 10.5 Å². The summed E-state index contributed by atoms with van der Waals surface area (Å²) in [7, 11) is 0. The second-order valence-electron chi connectivity index (χ2n) is 11.2. The van der Waals surface area contributed by atoms with Gasteiger partial charge in [-0.2, -0.15) is 5.26 Å². The van der Waals surface area contributed by atoms with Crippen molar-refractivity contribution in [3.63, 3.8) is 0 Å². The number of anilines is 1. The zero-order valence-electron chi connectivity index (χ0n) is 21.7. The minimum atomic E-state index is -0.506. The van der Waals surface area contributed by atoms with Crippen molar-refractivity contribution in [2.75, 3.05) is 44.4 Å². The molecular formula is C28H34N4O5. The van der Waals surface area contributed by atoms with Gasteiger partial charge in [0.15, 0.2) is 6.29 Å². The van der Waals surface area contributed by atoms with Gasteiger partial charge in [-0.3, -0.25) is 0 Å². The van der Waals surface area contributed by atoms with E-state index in [1.165, 1.54) is 11.1 Å². The van der Waals surface area contributed by atoms with E-state index in [1.807, 2.05) is 32.9 Å². The van der Waals surface area contributed by atoms with E-state index in [4.69, 9.17) is 24.2 Å². The van der Waals surface area contributed by atoms with Crippen LogP contribution in [0.5, 0.6) is 5.75 Å². The SMILES string of the molecule is CC(C)(C)OC(=O)N1CC2(COC(CCN(Cc3ccc4c(c3)CCO4)c3ccc(C#N)nc3)OC2)C1. The number of nitrogens with zero attached hydrogens (tertiary/aromatic N) is 4. The van der Waals surface area contributed by atoms with Gasteiger partial charge in [0.1, 0.15) is 23.1 Å². The summed E-state index contributed by atoms with van der Waals surface area (Å²) in [6, 6.07) is 12.1. The Morgan fingerprint density at radius 1 is 1.24 bits per heavy atom. The third kappa shape index (κ3) is 5.97. The van der Waals surface area contributed by atoms with Crippen LogP contribution in [0.15, 0.2) is 36.5 Å². The summed E-state index contributed by atoms with van der Waals surface area (Å²) in [5.74, 6) is 0.967. The molecule has 0 atom stereocenters. The van der Waals surface area contributed by atoms with Crippen molar-refractivity contribution < 1.29 is 23.7 Å². The molecule has 0 bridgehead atoms. The number of benzene rings is 1. The van der Waals surface area contributed by atoms with Gasteiger partial charge in [-0.1, -0.05) is 12.1 Å². The fraction of sp³-hybridized carbons (Fsp3) is 0.536. The monoisotopic (exact) mass is 506 g/mol. The molecule has 0 radical (unpaired) electrons. The molecule has 4 heterocycles. The summed E-state index contributed by atoms with van der Waals surface area (Å²) in [5, 5.41) is 9.13. The van der Waals surface area contributed by atoms with Crippen LogP contribution in [0.25, 0.3) is 0 Å². The van der Waals surface area contributed by atoms with Crippen LogP contribution in [0, 0.1) is 16.7 Å². The average molecular weight is 507 g/mol. The Hall–Kier alpha value is -3.35. The molecule has 0 unspecified atom stereocenters. The molecule has 0 aliphatic carbocycles. The lowest BCUT2D eigenvalue weighted by atomic mass is 9.81. The Morgan fingerprint density at radius 3 is 2.70 bits per heavy atom. The van der Waals surface area contributed by atoms with Gasteiger partial charge in [0, 0.05) is 39.0 Å². The molecular weight excluding hydrogens is 472 g/mol. The van der Waals surface area contributed by atoms with E-state index in [0.717, 1.165) is 24.5 Å². The second-order valence-corrected chi connectivity index (χ2v) is 11.2. The second kappa shape index (κ2) is 10.2. The Bertz CT molecular complexity index is 1150. The van der Waals surface area contributed by atoms with Crippen LogP contribution in [0.3, 0.4) is 0 Å². The molecule has 1 aromatic carbocycles. The van der Waals surface area contributed by atoms with Crippen molar-refractivity contribution in [2.24, 2.45) is 5.41 Å². The molecule has 0 N–H and O–H groups in total. The third-order valence-electron chi connectivity index (χ3n) is 6.84. The van der Waals surface area contributed by atoms with Crippen LogP contribution >= 0.6 is 0 Å². The highest BCUT2D eigenvalue weighted by Gasteiger charge is 2.49. The molecule has 3 aliphatic heterocycles. The van der Waals surface area contributed by atoms with Gasteiger partial charge in [0.05, 0.1) is 37.1 Å². The number of aromatic nitrogens is 1. The molecule has 37 heavy (non-hydrogen) atoms. The number of hydrogen-bond donors (Lipinski definition) is 0. The Kier molecular flexibility index (Phi) is 6.97. The Balaban J connectivity index is 1.17. The van der Waals surface area contributed by atoms with Crippen LogP contribution in [-0.4, -0.2) is 67.3 Å². The summed E-state index contributed by atoms with van der Waals surface area (Å²) < 4.78 is 23.3. The van der Waals surface area contributed by atoms with E-state index in [0.29, 0.717) is 51.5 Å². The molecule has 2 fully saturated rings. The molecule has 5 rings (SSSR count). The molecule has 2 aromatic rings. The summed E-state index contributed by atoms with van der Waals surface area (Å²) in [4.78, 5) is 20.5. The number of hydrogen-bond acceptors (Lipinski definition) is 8. The third-order valence-corrected chi connectivity index (χ3v) is 6.84. The number of carbonyl (C=O) groups is 1. The van der Waals surface area contributed by atoms with Gasteiger partial charge >= 0.3 is 6.09 Å². The first kappa shape index (κ1) is 25.3. The largest absolute Gasteiger partial charge is 0.493 e. The van der Waals surface area contributed by atoms with Crippen molar-refractivity contribution in [1.29, 1.82) is 5.26 Å². The predicted molar refractivity (Wildman–Crippen MR) is 136 cm³/mol. The smallest absolute Gasteiger partial charge is 0.410 e. The van der Waals surface area contributed by atoms with E-state index < -0.39 is 5.60 Å². The number of ether oxygens (including phenoxy) is 4. The number of pyridine rings is 1. The number of amides is 1. The number of likely N-dealkylation sites (tertiary alicyclic amines) is 1. The lowest BCUT2D eigenvalue weighted by Gasteiger charge is -2.52. The fourth-order valence-corrected chi connectivity index (χ4v) is 4.96. The first-order chi connectivity index (χ1) is 17.7. The summed E-state index contributed by atoms with van der Waals surface area (Å²) >= 11 is 0. The molecule has 196 valence electrons. The summed E-state index contributed by atoms with van der Waals surface area (Å²) in [5.41, 5.74) is 3.10. The van der Waals surface area contributed by atoms with Gasteiger partial charge in [0.2, 0.25) is 0 Å². The maximum absolute atomic E-state index is 12.3. The first-order valence-electron chi connectivity index (χ1n) is 12.8. The standard InChI is InChI=1S/C28H34N4O5/c1-27(2,3)37-26(33)32-16-28(17-32)18-35-25(36-19-28)8-10-31(23-6-5-22(13-29)30-14-23)15-20-4-7-24-21(12-20)9-11-34-24/h4-7,12,14,25H,8-11,15-19H2,1-3H3. The zero-order chi connectivity index (χ0) is 26.0. The first-order valence-corrected chi connectivity index (χ1v) is 12.8. The number of carbonyl (C=O) groups excluding carboxylic acids is 1. The minimum absolute atomic E-state index is 0.156. The molecule has 0 saturated carbocycles. The highest BCUT2D eigenvalue weighted by molar-refractivity contribution is 5.69. The normalized spacial score (nSPS) is 18.5. The summed E-state index contributed by atoms with van der Waals surface area (Å²) in [6.07, 6.45) is 2.75. The van der Waals surface area contributed by atoms with E-state index in [2.05, 4.69) is 28.1 Å². The summed E-state index contributed by atoms with van der Waals surface area (Å²) in [6.45, 7) is 10.0. The molecule has 9 nitrogen and oxygen atoms in total. The van der Waals surface area contributed by atoms with Crippen molar-refractivity contribution in [2.45, 2.75) is 52.0 Å². The molecule has 9 heteroatoms. The maximum atomic E-state index is 12.3. The van der Waals surface area contributed by atoms with Crippen molar-refractivity contribution >= 4 is 11.8 Å². The van der Waals surface area contributed by atoms with Gasteiger partial charge in [-0.15, -0.1) is 0 Å². The molecule has 1 aromatic heterocycles. The zero-order valence-corrected chi connectivity index (χ0v) is 21.7. The fourth-order valence-electron chi connectivity index (χ4n) is 4.96. The van der Waals surface area contributed by atoms with Crippen LogP contribution in [0.1, 0.15) is 44.0 Å². The van der Waals surface area contributed by atoms with Crippen LogP contribution in [-0.2, 0) is 27.2 Å². The van der Waals surface area contributed by atoms with Gasteiger partial charge in [0.25, 0.3) is 0 Å². The van der Waals surface area contributed by atoms with Gasteiger partial charge in [-0.25, -0.2) is 9.78 Å². The van der Waals surface area contributed by atoms with E-state index >= 15 is 0 Å². The minimum Gasteiger partial charge on any atom is -0.493 e. The molecule has 1 spiro atoms. The predicted octanol–water partition coefficient (Wildman–Crippen LogP) is 3.89. The average Bonchev–Trinajstić information content (AvgIpc) is 3.32. The maximum Gasteiger partial charge on any atom is 0.410 e. The van der Waals surface area contributed by atoms with Crippen molar-refractivity contribution in [3.8, 4) is 11.8 Å². The van der Waals surface area contributed by atoms with E-state index in [1.54, 1.807) is 17.2 Å². The number of fused-ring (bicyclic) bond motifs is 1. The quantitative estimate of drug-likeness (QED) is 0.582. The highest BCUT2D eigenvalue weighted by Crippen LogP contribution is 2.36. The van der Waals surface area contributed by atoms with Crippen LogP contribution < -0.4 is 9.64 Å². The van der Waals surface area contributed by atoms with E-state index in [-0.39, 0.29) is 17.8 Å². The number of rotatable bonds is 6. The molecule has 1 amide bonds.